The fourth-order valence-electron chi connectivity index (χ4n) is 3.03. The Kier molecular flexibility index (Phi) is 6.35. The van der Waals surface area contributed by atoms with Crippen LogP contribution in [0.1, 0.15) is 51.6 Å². The van der Waals surface area contributed by atoms with Crippen LogP contribution in [-0.4, -0.2) is 41.0 Å². The lowest BCUT2D eigenvalue weighted by Crippen LogP contribution is -2.22. The summed E-state index contributed by atoms with van der Waals surface area (Å²) in [5.41, 5.74) is 1.39. The first-order chi connectivity index (χ1) is 13.5. The van der Waals surface area contributed by atoms with E-state index in [1.165, 1.54) is 29.9 Å². The van der Waals surface area contributed by atoms with Crippen molar-refractivity contribution in [3.05, 3.63) is 40.3 Å². The number of amides is 1. The average molecular weight is 403 g/mol. The van der Waals surface area contributed by atoms with Crippen molar-refractivity contribution >= 4 is 34.2 Å². The molecule has 3 rings (SSSR count). The molecule has 9 heteroatoms. The van der Waals surface area contributed by atoms with Crippen LogP contribution in [0, 0.1) is 5.92 Å². The number of thiophene rings is 1. The Morgan fingerprint density at radius 1 is 1.25 bits per heavy atom. The van der Waals surface area contributed by atoms with Crippen LogP contribution in [0.4, 0.5) is 5.00 Å². The van der Waals surface area contributed by atoms with Gasteiger partial charge in [-0.1, -0.05) is 6.92 Å². The normalized spacial score (nSPS) is 15.4. The van der Waals surface area contributed by atoms with Gasteiger partial charge in [0.05, 0.1) is 18.4 Å². The number of hydrogen-bond donors (Lipinski definition) is 1. The van der Waals surface area contributed by atoms with Crippen LogP contribution in [0.5, 0.6) is 0 Å². The highest BCUT2D eigenvalue weighted by atomic mass is 32.1. The third kappa shape index (κ3) is 4.53. The molecule has 0 bridgehead atoms. The first-order valence-electron chi connectivity index (χ1n) is 9.04. The molecule has 148 valence electrons. The number of ether oxygens (including phenoxy) is 2. The highest BCUT2D eigenvalue weighted by Crippen LogP contribution is 2.40. The maximum atomic E-state index is 12.4. The van der Waals surface area contributed by atoms with E-state index in [9.17, 15) is 14.4 Å². The molecule has 2 aromatic rings. The van der Waals surface area contributed by atoms with Gasteiger partial charge in [0.25, 0.3) is 5.91 Å². The third-order valence-electron chi connectivity index (χ3n) is 4.35. The predicted molar refractivity (Wildman–Crippen MR) is 102 cm³/mol. The van der Waals surface area contributed by atoms with Crippen LogP contribution in [0.15, 0.2) is 18.6 Å². The molecule has 1 aliphatic carbocycles. The van der Waals surface area contributed by atoms with Gasteiger partial charge in [0.15, 0.2) is 12.3 Å². The number of anilines is 1. The van der Waals surface area contributed by atoms with E-state index in [4.69, 9.17) is 9.47 Å². The zero-order valence-electron chi connectivity index (χ0n) is 15.7. The Morgan fingerprint density at radius 3 is 2.79 bits per heavy atom. The molecular formula is C19H21N3O5S. The molecule has 1 unspecified atom stereocenters. The zero-order chi connectivity index (χ0) is 20.1. The summed E-state index contributed by atoms with van der Waals surface area (Å²) in [5, 5.41) is 3.14. The summed E-state index contributed by atoms with van der Waals surface area (Å²) in [4.78, 5) is 45.3. The minimum atomic E-state index is -0.742. The number of nitrogens with one attached hydrogen (secondary N) is 1. The van der Waals surface area contributed by atoms with E-state index >= 15 is 0 Å². The largest absolute Gasteiger partial charge is 0.462 e. The summed E-state index contributed by atoms with van der Waals surface area (Å²) in [5.74, 6) is -1.19. The van der Waals surface area contributed by atoms with Gasteiger partial charge in [0.1, 0.15) is 5.00 Å². The molecule has 0 radical (unpaired) electrons. The van der Waals surface area contributed by atoms with Crippen molar-refractivity contribution in [2.45, 2.75) is 33.1 Å². The standard InChI is InChI=1S/C19H21N3O5S/c1-3-26-19(25)16-12-5-4-11(2)8-14(12)28-17(16)22-15(23)10-27-18(24)13-9-20-6-7-21-13/h6-7,9,11H,3-5,8,10H2,1-2H3,(H,22,23). The van der Waals surface area contributed by atoms with Gasteiger partial charge in [-0.2, -0.15) is 0 Å². The molecule has 2 aromatic heterocycles. The fraction of sp³-hybridized carbons (Fsp3) is 0.421. The topological polar surface area (TPSA) is 107 Å². The number of esters is 2. The van der Waals surface area contributed by atoms with Crippen molar-refractivity contribution < 1.29 is 23.9 Å². The van der Waals surface area contributed by atoms with Crippen LogP contribution < -0.4 is 5.32 Å². The first kappa shape index (κ1) is 19.9. The Hall–Kier alpha value is -2.81. The molecule has 0 fully saturated rings. The monoisotopic (exact) mass is 403 g/mol. The van der Waals surface area contributed by atoms with Crippen molar-refractivity contribution in [2.24, 2.45) is 5.92 Å². The number of nitrogens with zero attached hydrogens (tertiary/aromatic N) is 2. The van der Waals surface area contributed by atoms with Gasteiger partial charge >= 0.3 is 11.9 Å². The molecule has 28 heavy (non-hydrogen) atoms. The molecule has 0 spiro atoms. The SMILES string of the molecule is CCOC(=O)c1c(NC(=O)COC(=O)c2cnccn2)sc2c1CCC(C)C2. The lowest BCUT2D eigenvalue weighted by Gasteiger charge is -2.18. The molecular weight excluding hydrogens is 382 g/mol. The van der Waals surface area contributed by atoms with E-state index in [0.29, 0.717) is 16.5 Å². The summed E-state index contributed by atoms with van der Waals surface area (Å²) in [6.07, 6.45) is 6.68. The van der Waals surface area contributed by atoms with E-state index in [2.05, 4.69) is 22.2 Å². The number of rotatable bonds is 6. The molecule has 0 aliphatic heterocycles. The van der Waals surface area contributed by atoms with Crippen molar-refractivity contribution in [3.8, 4) is 0 Å². The molecule has 1 N–H and O–H groups in total. The number of carbonyl (C=O) groups excluding carboxylic acids is 3. The quantitative estimate of drug-likeness (QED) is 0.739. The Balaban J connectivity index is 1.71. The zero-order valence-corrected chi connectivity index (χ0v) is 16.5. The number of aromatic nitrogens is 2. The summed E-state index contributed by atoms with van der Waals surface area (Å²) in [7, 11) is 0. The number of fused-ring (bicyclic) bond motifs is 1. The number of hydrogen-bond acceptors (Lipinski definition) is 8. The molecule has 2 heterocycles. The van der Waals surface area contributed by atoms with Gasteiger partial charge < -0.3 is 14.8 Å². The predicted octanol–water partition coefficient (Wildman–Crippen LogP) is 2.64. The Morgan fingerprint density at radius 2 is 2.07 bits per heavy atom. The van der Waals surface area contributed by atoms with Crippen LogP contribution in [0.25, 0.3) is 0 Å². The minimum Gasteiger partial charge on any atom is -0.462 e. The fourth-order valence-corrected chi connectivity index (χ4v) is 4.45. The molecule has 8 nitrogen and oxygen atoms in total. The van der Waals surface area contributed by atoms with Crippen LogP contribution in [-0.2, 0) is 27.1 Å². The highest BCUT2D eigenvalue weighted by Gasteiger charge is 2.29. The maximum Gasteiger partial charge on any atom is 0.359 e. The summed E-state index contributed by atoms with van der Waals surface area (Å²) >= 11 is 1.38. The molecule has 1 aliphatic rings. The Bertz CT molecular complexity index is 881. The van der Waals surface area contributed by atoms with Crippen LogP contribution >= 0.6 is 11.3 Å². The molecule has 1 amide bonds. The van der Waals surface area contributed by atoms with Crippen molar-refractivity contribution in [1.29, 1.82) is 0 Å². The lowest BCUT2D eigenvalue weighted by atomic mass is 9.88. The van der Waals surface area contributed by atoms with E-state index < -0.39 is 24.5 Å². The smallest absolute Gasteiger partial charge is 0.359 e. The van der Waals surface area contributed by atoms with Crippen LogP contribution in [0.3, 0.4) is 0 Å². The summed E-state index contributed by atoms with van der Waals surface area (Å²) in [6, 6.07) is 0. The molecule has 0 saturated heterocycles. The van der Waals surface area contributed by atoms with Crippen LogP contribution in [0.2, 0.25) is 0 Å². The Labute approximate surface area is 166 Å². The summed E-state index contributed by atoms with van der Waals surface area (Å²) in [6.45, 7) is 3.67. The first-order valence-corrected chi connectivity index (χ1v) is 9.85. The van der Waals surface area contributed by atoms with E-state index in [1.54, 1.807) is 6.92 Å². The van der Waals surface area contributed by atoms with Crippen molar-refractivity contribution in [3.63, 3.8) is 0 Å². The van der Waals surface area contributed by atoms with Gasteiger partial charge in [-0.05, 0) is 37.7 Å². The third-order valence-corrected chi connectivity index (χ3v) is 5.52. The second kappa shape index (κ2) is 8.92. The van der Waals surface area contributed by atoms with Gasteiger partial charge in [-0.25, -0.2) is 14.6 Å². The highest BCUT2D eigenvalue weighted by molar-refractivity contribution is 7.17. The van der Waals surface area contributed by atoms with Gasteiger partial charge in [0.2, 0.25) is 0 Å². The summed E-state index contributed by atoms with van der Waals surface area (Å²) < 4.78 is 10.1. The van der Waals surface area contributed by atoms with E-state index in [0.717, 1.165) is 29.7 Å². The van der Waals surface area contributed by atoms with Crippen molar-refractivity contribution in [2.75, 3.05) is 18.5 Å². The second-order valence-electron chi connectivity index (χ2n) is 6.49. The minimum absolute atomic E-state index is 0.0167. The molecule has 1 atom stereocenters. The number of carbonyl (C=O) groups is 3. The van der Waals surface area contributed by atoms with E-state index in [1.807, 2.05) is 0 Å². The molecule has 0 saturated carbocycles. The lowest BCUT2D eigenvalue weighted by molar-refractivity contribution is -0.119. The average Bonchev–Trinajstić information content (AvgIpc) is 3.03. The van der Waals surface area contributed by atoms with E-state index in [-0.39, 0.29) is 12.3 Å². The van der Waals surface area contributed by atoms with Crippen molar-refractivity contribution in [1.82, 2.24) is 9.97 Å². The molecule has 0 aromatic carbocycles. The van der Waals surface area contributed by atoms with Gasteiger partial charge in [-0.15, -0.1) is 11.3 Å². The maximum absolute atomic E-state index is 12.4. The van der Waals surface area contributed by atoms with Gasteiger partial charge in [-0.3, -0.25) is 9.78 Å². The van der Waals surface area contributed by atoms with Gasteiger partial charge in [0, 0.05) is 17.3 Å². The second-order valence-corrected chi connectivity index (χ2v) is 7.60.